The monoisotopic (exact) mass is 361 g/mol. The molecule has 0 atom stereocenters. The van der Waals surface area contributed by atoms with Crippen LogP contribution in [0.3, 0.4) is 0 Å². The molecule has 134 valence electrons. The summed E-state index contributed by atoms with van der Waals surface area (Å²) in [5.74, 6) is 1.66. The predicted molar refractivity (Wildman–Crippen MR) is 98.7 cm³/mol. The lowest BCUT2D eigenvalue weighted by Gasteiger charge is -2.28. The first-order chi connectivity index (χ1) is 12.1. The molecule has 0 bridgehead atoms. The zero-order chi connectivity index (χ0) is 18.0. The number of hydrogen-bond acceptors (Lipinski definition) is 6. The molecule has 1 aromatic carbocycles. The number of fused-ring (bicyclic) bond motifs is 1. The number of nitrogens with one attached hydrogen (secondary N) is 1. The van der Waals surface area contributed by atoms with Crippen molar-refractivity contribution in [3.05, 3.63) is 44.9 Å². The fraction of sp³-hybridized carbons (Fsp3) is 0.444. The summed E-state index contributed by atoms with van der Waals surface area (Å²) < 4.78 is 11.0. The molecule has 1 aliphatic heterocycles. The van der Waals surface area contributed by atoms with Gasteiger partial charge in [-0.3, -0.25) is 9.69 Å². The summed E-state index contributed by atoms with van der Waals surface area (Å²) in [5, 5.41) is 0.685. The number of nitrogens with zero attached hydrogens (tertiary/aromatic N) is 2. The highest BCUT2D eigenvalue weighted by Crippen LogP contribution is 2.32. The Hall–Kier alpha value is -1.99. The molecule has 0 amide bonds. The molecule has 6 nitrogen and oxygen atoms in total. The molecule has 0 radical (unpaired) electrons. The summed E-state index contributed by atoms with van der Waals surface area (Å²) in [7, 11) is 3.33. The van der Waals surface area contributed by atoms with Gasteiger partial charge in [0.15, 0.2) is 5.16 Å². The maximum Gasteiger partial charge on any atom is 0.256 e. The van der Waals surface area contributed by atoms with Crippen molar-refractivity contribution in [2.45, 2.75) is 31.6 Å². The molecule has 0 spiro atoms. The van der Waals surface area contributed by atoms with E-state index < -0.39 is 0 Å². The molecular weight excluding hydrogens is 338 g/mol. The van der Waals surface area contributed by atoms with Gasteiger partial charge in [-0.25, -0.2) is 4.98 Å². The summed E-state index contributed by atoms with van der Waals surface area (Å²) in [5.41, 5.74) is 3.74. The van der Waals surface area contributed by atoms with E-state index in [9.17, 15) is 4.79 Å². The summed E-state index contributed by atoms with van der Waals surface area (Å²) in [6.45, 7) is 4.18. The first-order valence-electron chi connectivity index (χ1n) is 8.16. The molecule has 0 unspecified atom stereocenters. The largest absolute Gasteiger partial charge is 0.496 e. The van der Waals surface area contributed by atoms with Gasteiger partial charge in [-0.15, -0.1) is 0 Å². The van der Waals surface area contributed by atoms with Crippen LogP contribution in [0.4, 0.5) is 0 Å². The van der Waals surface area contributed by atoms with Crippen molar-refractivity contribution in [1.29, 1.82) is 0 Å². The number of aromatic nitrogens is 2. The number of benzene rings is 1. The maximum absolute atomic E-state index is 12.3. The van der Waals surface area contributed by atoms with Gasteiger partial charge in [-0.05, 0) is 19.2 Å². The summed E-state index contributed by atoms with van der Waals surface area (Å²) in [4.78, 5) is 22.0. The second kappa shape index (κ2) is 7.49. The van der Waals surface area contributed by atoms with Gasteiger partial charge >= 0.3 is 0 Å². The maximum atomic E-state index is 12.3. The average Bonchev–Trinajstić information content (AvgIpc) is 2.62. The highest BCUT2D eigenvalue weighted by molar-refractivity contribution is 7.98. The van der Waals surface area contributed by atoms with E-state index in [2.05, 4.69) is 14.9 Å². The van der Waals surface area contributed by atoms with E-state index in [1.165, 1.54) is 11.8 Å². The summed E-state index contributed by atoms with van der Waals surface area (Å²) >= 11 is 1.46. The van der Waals surface area contributed by atoms with Crippen LogP contribution >= 0.6 is 11.8 Å². The van der Waals surface area contributed by atoms with Gasteiger partial charge in [0.05, 0.1) is 25.5 Å². The minimum absolute atomic E-state index is 0.0306. The molecule has 0 saturated heterocycles. The van der Waals surface area contributed by atoms with Crippen LogP contribution in [0, 0.1) is 6.92 Å². The average molecular weight is 361 g/mol. The lowest BCUT2D eigenvalue weighted by Crippen LogP contribution is -2.35. The van der Waals surface area contributed by atoms with Gasteiger partial charge in [0.1, 0.15) is 11.5 Å². The zero-order valence-corrected chi connectivity index (χ0v) is 15.8. The fourth-order valence-corrected chi connectivity index (χ4v) is 3.69. The fourth-order valence-electron chi connectivity index (χ4n) is 3.29. The highest BCUT2D eigenvalue weighted by Gasteiger charge is 2.22. The summed E-state index contributed by atoms with van der Waals surface area (Å²) in [6.07, 6.45) is 2.70. The second-order valence-corrected chi connectivity index (χ2v) is 6.84. The summed E-state index contributed by atoms with van der Waals surface area (Å²) in [6, 6.07) is 3.99. The van der Waals surface area contributed by atoms with Crippen LogP contribution in [-0.2, 0) is 19.5 Å². The van der Waals surface area contributed by atoms with Crippen molar-refractivity contribution in [3.8, 4) is 11.5 Å². The first-order valence-corrected chi connectivity index (χ1v) is 9.38. The minimum Gasteiger partial charge on any atom is -0.496 e. The van der Waals surface area contributed by atoms with E-state index in [4.69, 9.17) is 9.47 Å². The molecule has 2 aromatic rings. The van der Waals surface area contributed by atoms with Gasteiger partial charge in [0, 0.05) is 37.2 Å². The third-order valence-electron chi connectivity index (χ3n) is 4.58. The van der Waals surface area contributed by atoms with Gasteiger partial charge in [0.2, 0.25) is 0 Å². The quantitative estimate of drug-likeness (QED) is 0.651. The normalized spacial score (nSPS) is 14.2. The Balaban J connectivity index is 1.84. The Bertz CT molecular complexity index is 835. The molecule has 3 rings (SSSR count). The Morgan fingerprint density at radius 3 is 2.80 bits per heavy atom. The van der Waals surface area contributed by atoms with E-state index in [-0.39, 0.29) is 5.56 Å². The molecule has 1 aliphatic rings. The molecule has 25 heavy (non-hydrogen) atoms. The number of H-pyrrole nitrogens is 1. The van der Waals surface area contributed by atoms with E-state index in [0.717, 1.165) is 53.4 Å². The molecule has 2 heterocycles. The van der Waals surface area contributed by atoms with Gasteiger partial charge in [0.25, 0.3) is 5.56 Å². The number of methoxy groups -OCH3 is 2. The number of hydrogen-bond donors (Lipinski definition) is 1. The van der Waals surface area contributed by atoms with E-state index in [0.29, 0.717) is 11.7 Å². The standard InChI is InChI=1S/C18H23N3O3S/c1-11-15(23-2)6-5-12(16(11)24-3)9-21-8-7-14-13(10-21)17(22)20-18(19-14)25-4/h5-6H,7-10H2,1-4H3,(H,19,20,22). The van der Waals surface area contributed by atoms with Crippen LogP contribution in [0.15, 0.2) is 22.1 Å². The Kier molecular flexibility index (Phi) is 5.34. The van der Waals surface area contributed by atoms with Crippen LogP contribution < -0.4 is 15.0 Å². The Morgan fingerprint density at radius 2 is 2.12 bits per heavy atom. The molecule has 1 N–H and O–H groups in total. The van der Waals surface area contributed by atoms with Crippen molar-refractivity contribution in [1.82, 2.24) is 14.9 Å². The smallest absolute Gasteiger partial charge is 0.256 e. The van der Waals surface area contributed by atoms with Crippen molar-refractivity contribution < 1.29 is 9.47 Å². The highest BCUT2D eigenvalue weighted by atomic mass is 32.2. The topological polar surface area (TPSA) is 67.5 Å². The number of thioether (sulfide) groups is 1. The van der Waals surface area contributed by atoms with Gasteiger partial charge < -0.3 is 14.5 Å². The van der Waals surface area contributed by atoms with Gasteiger partial charge in [-0.1, -0.05) is 17.8 Å². The molecule has 7 heteroatoms. The first kappa shape index (κ1) is 17.8. The lowest BCUT2D eigenvalue weighted by molar-refractivity contribution is 0.237. The SMILES string of the molecule is COc1ccc(CN2CCc3nc(SC)[nH]c(=O)c3C2)c(OC)c1C. The number of aromatic amines is 1. The lowest BCUT2D eigenvalue weighted by atomic mass is 10.0. The van der Waals surface area contributed by atoms with Crippen LogP contribution in [0.1, 0.15) is 22.4 Å². The van der Waals surface area contributed by atoms with Crippen molar-refractivity contribution in [2.24, 2.45) is 0 Å². The van der Waals surface area contributed by atoms with E-state index in [1.807, 2.05) is 25.3 Å². The van der Waals surface area contributed by atoms with Gasteiger partial charge in [-0.2, -0.15) is 0 Å². The third kappa shape index (κ3) is 3.52. The number of ether oxygens (including phenoxy) is 2. The van der Waals surface area contributed by atoms with E-state index >= 15 is 0 Å². The molecule has 0 aliphatic carbocycles. The third-order valence-corrected chi connectivity index (χ3v) is 5.16. The predicted octanol–water partition coefficient (Wildman–Crippen LogP) is 2.38. The van der Waals surface area contributed by atoms with E-state index in [1.54, 1.807) is 14.2 Å². The molecule has 1 aromatic heterocycles. The van der Waals surface area contributed by atoms with Crippen LogP contribution in [-0.4, -0.2) is 41.9 Å². The molecular formula is C18H23N3O3S. The van der Waals surface area contributed by atoms with Crippen molar-refractivity contribution in [3.63, 3.8) is 0 Å². The van der Waals surface area contributed by atoms with Crippen LogP contribution in [0.2, 0.25) is 0 Å². The van der Waals surface area contributed by atoms with Crippen molar-refractivity contribution in [2.75, 3.05) is 27.0 Å². The molecule has 0 saturated carbocycles. The molecule has 0 fully saturated rings. The zero-order valence-electron chi connectivity index (χ0n) is 15.0. The number of rotatable bonds is 5. The second-order valence-electron chi connectivity index (χ2n) is 6.05. The Labute approximate surface area is 151 Å². The van der Waals surface area contributed by atoms with Crippen LogP contribution in [0.25, 0.3) is 0 Å². The Morgan fingerprint density at radius 1 is 1.32 bits per heavy atom. The van der Waals surface area contributed by atoms with Crippen molar-refractivity contribution >= 4 is 11.8 Å². The van der Waals surface area contributed by atoms with Crippen LogP contribution in [0.5, 0.6) is 11.5 Å². The minimum atomic E-state index is -0.0306.